The maximum atomic E-state index is 10.3. The van der Waals surface area contributed by atoms with Crippen molar-refractivity contribution in [2.24, 2.45) is 0 Å². The number of rotatable bonds is 74. The van der Waals surface area contributed by atoms with Crippen molar-refractivity contribution in [1.82, 2.24) is 0 Å². The fourth-order valence-corrected chi connectivity index (χ4v) is 10.1. The van der Waals surface area contributed by atoms with Crippen LogP contribution in [0.3, 0.4) is 0 Å². The first-order valence-electron chi connectivity index (χ1n) is 46.9. The molecule has 0 aromatic rings. The molecule has 0 heterocycles. The Morgan fingerprint density at radius 3 is 0.254 bits per heavy atom. The van der Waals surface area contributed by atoms with Crippen LogP contribution in [-0.4, -0.2) is 298 Å². The van der Waals surface area contributed by atoms with Crippen molar-refractivity contribution in [1.29, 1.82) is 0 Å². The van der Waals surface area contributed by atoms with Gasteiger partial charge in [0, 0.05) is 32.1 Å². The van der Waals surface area contributed by atoms with E-state index in [0.717, 1.165) is 64.2 Å². The van der Waals surface area contributed by atoms with Crippen LogP contribution in [0.2, 0.25) is 0 Å². The van der Waals surface area contributed by atoms with Gasteiger partial charge in [0.25, 0.3) is 0 Å². The van der Waals surface area contributed by atoms with Crippen LogP contribution in [0.25, 0.3) is 0 Å². The van der Waals surface area contributed by atoms with E-state index in [9.17, 15) is 24.0 Å². The van der Waals surface area contributed by atoms with Gasteiger partial charge in [-0.3, -0.25) is 24.0 Å². The molecular weight excluding hydrogens is 1590 g/mol. The molecule has 0 radical (unpaired) electrons. The van der Waals surface area contributed by atoms with Gasteiger partial charge < -0.3 is 133 Å². The SMILES string of the molecule is CCCCCCCCCCCCCC(=O)O.CCCCCCCCCCCCCC(=O)O.CCCCCCCCCCCCCC(=O)O.CCCCCCCCCCCCCC(=O)O.CCCCCCCCCCCCCC(=O)O.OCC(O)CO.OCC(O)CO.OCC(O)CO.OCC(O)CO.OCC(O)CO.OCC(O)CO.OCC(O)CO. The minimum Gasteiger partial charge on any atom is -0.481 e. The molecule has 0 atom stereocenters. The van der Waals surface area contributed by atoms with Crippen molar-refractivity contribution >= 4 is 29.8 Å². The van der Waals surface area contributed by atoms with E-state index >= 15 is 0 Å². The number of carbonyl (C=O) groups is 5. The van der Waals surface area contributed by atoms with Crippen molar-refractivity contribution in [3.05, 3.63) is 0 Å². The number of carboxylic acids is 5. The van der Waals surface area contributed by atoms with Gasteiger partial charge in [-0.1, -0.05) is 356 Å². The minimum atomic E-state index is -0.954. The summed E-state index contributed by atoms with van der Waals surface area (Å²) in [6.07, 6.45) is 65.1. The number of aliphatic hydroxyl groups excluding tert-OH is 21. The van der Waals surface area contributed by atoms with Gasteiger partial charge in [-0.2, -0.15) is 0 Å². The van der Waals surface area contributed by atoms with Crippen LogP contribution >= 0.6 is 0 Å². The maximum Gasteiger partial charge on any atom is 0.303 e. The topological polar surface area (TPSA) is 611 Å². The number of unbranched alkanes of at least 4 members (excludes halogenated alkanes) is 50. The molecule has 0 fully saturated rings. The number of hydrogen-bond donors (Lipinski definition) is 26. The summed E-state index contributed by atoms with van der Waals surface area (Å²) in [4.78, 5) is 51.3. The first-order valence-corrected chi connectivity index (χ1v) is 46.9. The zero-order valence-corrected chi connectivity index (χ0v) is 77.5. The standard InChI is InChI=1S/5C14H28O2.7C3H8O3/c5*1-2-3-4-5-6-7-8-9-10-11-12-13-14(15)16;7*4-1-3(6)2-5/h5*2-13H2,1H3,(H,15,16);7*3-6H,1-2H2. The molecule has 0 aliphatic carbocycles. The van der Waals surface area contributed by atoms with Gasteiger partial charge in [0.05, 0.1) is 92.5 Å². The Balaban J connectivity index is -0.000000111. The summed E-state index contributed by atoms with van der Waals surface area (Å²) >= 11 is 0. The van der Waals surface area contributed by atoms with Crippen LogP contribution in [0.1, 0.15) is 420 Å². The second-order valence-electron chi connectivity index (χ2n) is 30.5. The lowest BCUT2D eigenvalue weighted by Crippen LogP contribution is -2.15. The average molecular weight is 1790 g/mol. The molecule has 26 N–H and O–H groups in total. The molecule has 746 valence electrons. The third-order valence-electron chi connectivity index (χ3n) is 17.9. The van der Waals surface area contributed by atoms with Crippen molar-refractivity contribution in [3.8, 4) is 0 Å². The Morgan fingerprint density at radius 1 is 0.139 bits per heavy atom. The van der Waals surface area contributed by atoms with Gasteiger partial charge in [-0.25, -0.2) is 0 Å². The van der Waals surface area contributed by atoms with Crippen molar-refractivity contribution in [3.63, 3.8) is 0 Å². The monoisotopic (exact) mass is 1790 g/mol. The highest BCUT2D eigenvalue weighted by Gasteiger charge is 2.04. The predicted molar refractivity (Wildman–Crippen MR) is 485 cm³/mol. The highest BCUT2D eigenvalue weighted by molar-refractivity contribution is 5.67. The van der Waals surface area contributed by atoms with Gasteiger partial charge in [-0.15, -0.1) is 0 Å². The van der Waals surface area contributed by atoms with E-state index in [1.165, 1.54) is 289 Å². The normalized spacial score (nSPS) is 10.4. The van der Waals surface area contributed by atoms with E-state index < -0.39 is 72.6 Å². The highest BCUT2D eigenvalue weighted by atomic mass is 16.4. The van der Waals surface area contributed by atoms with Crippen LogP contribution in [-0.2, 0) is 24.0 Å². The predicted octanol–water partition coefficient (Wildman–Crippen LogP) is 12.2. The second-order valence-corrected chi connectivity index (χ2v) is 30.5. The zero-order valence-electron chi connectivity index (χ0n) is 77.5. The number of aliphatic hydroxyl groups is 21. The molecule has 0 saturated carbocycles. The number of hydrogen-bond acceptors (Lipinski definition) is 26. The fourth-order valence-electron chi connectivity index (χ4n) is 10.1. The third kappa shape index (κ3) is 194. The Hall–Kier alpha value is -3.49. The molecule has 0 aliphatic heterocycles. The lowest BCUT2D eigenvalue weighted by atomic mass is 10.1. The molecule has 0 saturated heterocycles. The number of aliphatic carboxylic acids is 5. The van der Waals surface area contributed by atoms with Gasteiger partial charge in [-0.05, 0) is 32.1 Å². The molecule has 0 rings (SSSR count). The molecule has 0 unspecified atom stereocenters. The molecule has 31 heteroatoms. The van der Waals surface area contributed by atoms with E-state index in [1.807, 2.05) is 0 Å². The van der Waals surface area contributed by atoms with E-state index in [0.29, 0.717) is 32.1 Å². The summed E-state index contributed by atoms with van der Waals surface area (Å²) in [5.74, 6) is -3.28. The van der Waals surface area contributed by atoms with E-state index in [2.05, 4.69) is 34.6 Å². The summed E-state index contributed by atoms with van der Waals surface area (Å²) < 4.78 is 0. The molecule has 0 amide bonds. The highest BCUT2D eigenvalue weighted by Crippen LogP contribution is 2.17. The second kappa shape index (κ2) is 141. The van der Waals surface area contributed by atoms with E-state index in [-0.39, 0.29) is 92.5 Å². The van der Waals surface area contributed by atoms with E-state index in [4.69, 9.17) is 133 Å². The van der Waals surface area contributed by atoms with Crippen molar-refractivity contribution in [2.75, 3.05) is 92.5 Å². The molecule has 0 bridgehead atoms. The van der Waals surface area contributed by atoms with E-state index in [1.54, 1.807) is 0 Å². The fraction of sp³-hybridized carbons (Fsp3) is 0.945. The van der Waals surface area contributed by atoms with Gasteiger partial charge in [0.15, 0.2) is 0 Å². The molecule has 0 aliphatic rings. The molecule has 0 aromatic carbocycles. The summed E-state index contributed by atoms with van der Waals surface area (Å²) in [6.45, 7) is 6.13. The van der Waals surface area contributed by atoms with Crippen LogP contribution in [0.5, 0.6) is 0 Å². The van der Waals surface area contributed by atoms with Gasteiger partial charge in [0.1, 0.15) is 42.7 Å². The molecule has 0 aromatic heterocycles. The Labute approximate surface area is 738 Å². The van der Waals surface area contributed by atoms with Crippen LogP contribution in [0.15, 0.2) is 0 Å². The minimum absolute atomic E-state index is 0.344. The van der Waals surface area contributed by atoms with Crippen molar-refractivity contribution in [2.45, 2.75) is 463 Å². The van der Waals surface area contributed by atoms with Crippen LogP contribution in [0, 0.1) is 0 Å². The third-order valence-corrected chi connectivity index (χ3v) is 17.9. The van der Waals surface area contributed by atoms with Crippen LogP contribution < -0.4 is 0 Å². The maximum absolute atomic E-state index is 10.3. The zero-order chi connectivity index (χ0) is 95.3. The quantitative estimate of drug-likeness (QED) is 0.0251. The molecule has 122 heavy (non-hydrogen) atoms. The lowest BCUT2D eigenvalue weighted by Gasteiger charge is -2.01. The number of carboxylic acid groups (broad SMARTS) is 5. The Kier molecular flexibility index (Phi) is 166. The summed E-state index contributed by atoms with van der Waals surface area (Å²) in [5, 5.41) is 210. The first kappa shape index (κ1) is 144. The molecule has 0 spiro atoms. The Bertz CT molecular complexity index is 1490. The summed E-state index contributed by atoms with van der Waals surface area (Å²) in [6, 6.07) is 0. The van der Waals surface area contributed by atoms with Crippen LogP contribution in [0.4, 0.5) is 0 Å². The molecule has 31 nitrogen and oxygen atoms in total. The first-order chi connectivity index (χ1) is 58.5. The molecular formula is C91H196O31. The largest absolute Gasteiger partial charge is 0.481 e. The smallest absolute Gasteiger partial charge is 0.303 e. The van der Waals surface area contributed by atoms with Gasteiger partial charge >= 0.3 is 29.8 Å². The Morgan fingerprint density at radius 2 is 0.205 bits per heavy atom. The van der Waals surface area contributed by atoms with Crippen molar-refractivity contribution < 1.29 is 157 Å². The lowest BCUT2D eigenvalue weighted by molar-refractivity contribution is -0.138. The summed E-state index contributed by atoms with van der Waals surface area (Å²) in [5.41, 5.74) is 0. The van der Waals surface area contributed by atoms with Gasteiger partial charge in [0.2, 0.25) is 0 Å². The average Bonchev–Trinajstić information content (AvgIpc) is 1.13. The summed E-state index contributed by atoms with van der Waals surface area (Å²) in [7, 11) is 0.